The topological polar surface area (TPSA) is 24.9 Å². The van der Waals surface area contributed by atoms with Gasteiger partial charge in [0.25, 0.3) is 0 Å². The zero-order valence-electron chi connectivity index (χ0n) is 11.3. The molecule has 1 saturated carbocycles. The van der Waals surface area contributed by atoms with Crippen LogP contribution in [0.4, 0.5) is 0 Å². The average molecular weight is 292 g/mol. The summed E-state index contributed by atoms with van der Waals surface area (Å²) in [6.45, 7) is 2.20. The number of thiazole rings is 1. The fourth-order valence-electron chi connectivity index (χ4n) is 2.57. The predicted molar refractivity (Wildman–Crippen MR) is 84.9 cm³/mol. The summed E-state index contributed by atoms with van der Waals surface area (Å²) in [6.07, 6.45) is 7.88. The Morgan fingerprint density at radius 1 is 1.32 bits per heavy atom. The zero-order chi connectivity index (χ0) is 13.1. The lowest BCUT2D eigenvalue weighted by atomic mass is 9.96. The van der Waals surface area contributed by atoms with Gasteiger partial charge in [-0.2, -0.15) is 0 Å². The minimum absolute atomic E-state index is 0.678. The van der Waals surface area contributed by atoms with E-state index in [1.165, 1.54) is 42.4 Å². The minimum atomic E-state index is 0.678. The maximum absolute atomic E-state index is 4.69. The molecule has 0 spiro atoms. The molecule has 0 aliphatic heterocycles. The Balaban J connectivity index is 1.67. The molecule has 2 aromatic rings. The molecule has 1 N–H and O–H groups in total. The standard InChI is InChI=1S/C15H20N2S2/c1-2-11-8-9-13-14(10-11)18-15(16-13)19-17-12-6-4-3-5-7-12/h8-10,12,17H,2-7H2,1H3. The Labute approximate surface area is 123 Å². The van der Waals surface area contributed by atoms with Crippen LogP contribution < -0.4 is 4.72 Å². The largest absolute Gasteiger partial charge is 0.255 e. The van der Waals surface area contributed by atoms with Gasteiger partial charge in [-0.25, -0.2) is 4.98 Å². The van der Waals surface area contributed by atoms with Crippen molar-refractivity contribution in [1.82, 2.24) is 9.71 Å². The molecule has 0 saturated heterocycles. The summed E-state index contributed by atoms with van der Waals surface area (Å²) in [5, 5.41) is 0. The lowest BCUT2D eigenvalue weighted by molar-refractivity contribution is 0.423. The minimum Gasteiger partial charge on any atom is -0.255 e. The number of rotatable bonds is 4. The second-order valence-corrected chi connectivity index (χ2v) is 7.31. The van der Waals surface area contributed by atoms with Crippen LogP contribution in [0.5, 0.6) is 0 Å². The Morgan fingerprint density at radius 3 is 2.95 bits per heavy atom. The highest BCUT2D eigenvalue weighted by molar-refractivity contribution is 7.99. The van der Waals surface area contributed by atoms with Crippen LogP contribution in [0.15, 0.2) is 22.5 Å². The zero-order valence-corrected chi connectivity index (χ0v) is 12.9. The molecule has 19 heavy (non-hydrogen) atoms. The van der Waals surface area contributed by atoms with Gasteiger partial charge in [0, 0.05) is 6.04 Å². The molecule has 1 aliphatic carbocycles. The van der Waals surface area contributed by atoms with Gasteiger partial charge in [0.05, 0.1) is 10.2 Å². The Bertz CT molecular complexity index is 544. The number of aryl methyl sites for hydroxylation is 1. The van der Waals surface area contributed by atoms with E-state index in [0.717, 1.165) is 16.3 Å². The van der Waals surface area contributed by atoms with E-state index in [2.05, 4.69) is 29.8 Å². The van der Waals surface area contributed by atoms with Crippen molar-refractivity contribution in [3.05, 3.63) is 23.8 Å². The van der Waals surface area contributed by atoms with Crippen molar-refractivity contribution in [2.45, 2.75) is 55.8 Å². The van der Waals surface area contributed by atoms with E-state index < -0.39 is 0 Å². The smallest absolute Gasteiger partial charge is 0.166 e. The van der Waals surface area contributed by atoms with Crippen LogP contribution >= 0.6 is 23.3 Å². The summed E-state index contributed by atoms with van der Waals surface area (Å²) in [4.78, 5) is 4.69. The second-order valence-electron chi connectivity index (χ2n) is 5.19. The summed E-state index contributed by atoms with van der Waals surface area (Å²) >= 11 is 3.53. The van der Waals surface area contributed by atoms with Crippen molar-refractivity contribution in [2.24, 2.45) is 0 Å². The monoisotopic (exact) mass is 292 g/mol. The molecule has 0 bridgehead atoms. The van der Waals surface area contributed by atoms with Crippen molar-refractivity contribution in [3.8, 4) is 0 Å². The molecule has 1 heterocycles. The third-order valence-corrected chi connectivity index (χ3v) is 5.79. The first kappa shape index (κ1) is 13.4. The highest BCUT2D eigenvalue weighted by Gasteiger charge is 2.14. The predicted octanol–water partition coefficient (Wildman–Crippen LogP) is 4.79. The average Bonchev–Trinajstić information content (AvgIpc) is 2.88. The third-order valence-electron chi connectivity index (χ3n) is 3.76. The van der Waals surface area contributed by atoms with Crippen LogP contribution in [-0.4, -0.2) is 11.0 Å². The lowest BCUT2D eigenvalue weighted by Crippen LogP contribution is -2.25. The number of nitrogens with one attached hydrogen (secondary N) is 1. The van der Waals surface area contributed by atoms with Crippen molar-refractivity contribution >= 4 is 33.5 Å². The van der Waals surface area contributed by atoms with Gasteiger partial charge in [-0.3, -0.25) is 4.72 Å². The Morgan fingerprint density at radius 2 is 2.16 bits per heavy atom. The maximum Gasteiger partial charge on any atom is 0.166 e. The first-order valence-corrected chi connectivity index (χ1v) is 8.80. The number of nitrogens with zero attached hydrogens (tertiary/aromatic N) is 1. The maximum atomic E-state index is 4.69. The highest BCUT2D eigenvalue weighted by Crippen LogP contribution is 2.30. The summed E-state index contributed by atoms with van der Waals surface area (Å²) < 4.78 is 6.05. The molecule has 0 amide bonds. The molecular weight excluding hydrogens is 272 g/mol. The fourth-order valence-corrected chi connectivity index (χ4v) is 4.55. The van der Waals surface area contributed by atoms with Crippen LogP contribution in [0.3, 0.4) is 0 Å². The summed E-state index contributed by atoms with van der Waals surface area (Å²) in [6, 6.07) is 7.29. The number of hydrogen-bond acceptors (Lipinski definition) is 4. The van der Waals surface area contributed by atoms with E-state index >= 15 is 0 Å². The van der Waals surface area contributed by atoms with Gasteiger partial charge in [-0.05, 0) is 48.9 Å². The van der Waals surface area contributed by atoms with Gasteiger partial charge in [0.2, 0.25) is 0 Å². The molecule has 2 nitrogen and oxygen atoms in total. The molecule has 0 atom stereocenters. The normalized spacial score (nSPS) is 17.1. The van der Waals surface area contributed by atoms with E-state index in [4.69, 9.17) is 4.98 Å². The number of fused-ring (bicyclic) bond motifs is 1. The highest BCUT2D eigenvalue weighted by atomic mass is 32.2. The van der Waals surface area contributed by atoms with Crippen LogP contribution in [0.2, 0.25) is 0 Å². The van der Waals surface area contributed by atoms with Crippen molar-refractivity contribution in [1.29, 1.82) is 0 Å². The second kappa shape index (κ2) is 6.25. The summed E-state index contributed by atoms with van der Waals surface area (Å²) in [5.41, 5.74) is 2.53. The van der Waals surface area contributed by atoms with E-state index in [-0.39, 0.29) is 0 Å². The molecule has 1 aromatic heterocycles. The van der Waals surface area contributed by atoms with Gasteiger partial charge in [-0.1, -0.05) is 32.3 Å². The molecular formula is C15H20N2S2. The van der Waals surface area contributed by atoms with Crippen molar-refractivity contribution in [3.63, 3.8) is 0 Å². The lowest BCUT2D eigenvalue weighted by Gasteiger charge is -2.21. The Kier molecular flexibility index (Phi) is 4.41. The van der Waals surface area contributed by atoms with E-state index in [1.54, 1.807) is 23.3 Å². The molecule has 1 aromatic carbocycles. The number of aromatic nitrogens is 1. The first-order chi connectivity index (χ1) is 9.35. The van der Waals surface area contributed by atoms with Gasteiger partial charge in [0.15, 0.2) is 4.34 Å². The first-order valence-electron chi connectivity index (χ1n) is 7.17. The SMILES string of the molecule is CCc1ccc2nc(SNC3CCCCC3)sc2c1. The molecule has 1 aliphatic rings. The van der Waals surface area contributed by atoms with E-state index in [1.807, 2.05) is 0 Å². The molecule has 102 valence electrons. The molecule has 4 heteroatoms. The summed E-state index contributed by atoms with van der Waals surface area (Å²) in [5.74, 6) is 0. The molecule has 1 fully saturated rings. The molecule has 0 unspecified atom stereocenters. The van der Waals surface area contributed by atoms with Crippen LogP contribution in [0.1, 0.15) is 44.6 Å². The van der Waals surface area contributed by atoms with Gasteiger partial charge >= 0.3 is 0 Å². The van der Waals surface area contributed by atoms with Gasteiger partial charge in [0.1, 0.15) is 0 Å². The van der Waals surface area contributed by atoms with E-state index in [0.29, 0.717) is 6.04 Å². The van der Waals surface area contributed by atoms with Crippen LogP contribution in [0.25, 0.3) is 10.2 Å². The quantitative estimate of drug-likeness (QED) is 0.820. The molecule has 3 rings (SSSR count). The number of benzene rings is 1. The van der Waals surface area contributed by atoms with Crippen LogP contribution in [-0.2, 0) is 6.42 Å². The van der Waals surface area contributed by atoms with E-state index in [9.17, 15) is 0 Å². The van der Waals surface area contributed by atoms with Crippen molar-refractivity contribution in [2.75, 3.05) is 0 Å². The summed E-state index contributed by atoms with van der Waals surface area (Å²) in [7, 11) is 0. The van der Waals surface area contributed by atoms with Crippen molar-refractivity contribution < 1.29 is 0 Å². The number of hydrogen-bond donors (Lipinski definition) is 1. The third kappa shape index (κ3) is 3.30. The van der Waals surface area contributed by atoms with Gasteiger partial charge < -0.3 is 0 Å². The van der Waals surface area contributed by atoms with Gasteiger partial charge in [-0.15, -0.1) is 11.3 Å². The van der Waals surface area contributed by atoms with Crippen LogP contribution in [0, 0.1) is 0 Å². The fraction of sp³-hybridized carbons (Fsp3) is 0.533. The Hall–Kier alpha value is -0.580. The molecule has 0 radical (unpaired) electrons.